The van der Waals surface area contributed by atoms with Crippen LogP contribution in [-0.2, 0) is 0 Å². The van der Waals surface area contributed by atoms with Gasteiger partial charge >= 0.3 is 0 Å². The molecule has 0 atom stereocenters. The summed E-state index contributed by atoms with van der Waals surface area (Å²) >= 11 is 0. The molecule has 2 N–H and O–H groups in total. The molecular weight excluding hydrogens is 350 g/mol. The molecule has 0 aromatic heterocycles. The van der Waals surface area contributed by atoms with Crippen LogP contribution in [0.4, 0.5) is 5.69 Å². The molecule has 142 valence electrons. The molecule has 1 aliphatic heterocycles. The second-order valence-electron chi connectivity index (χ2n) is 6.21. The Hall–Kier alpha value is -3.13. The van der Waals surface area contributed by atoms with E-state index in [2.05, 4.69) is 10.6 Å². The molecule has 1 amide bonds. The number of nitrogens with one attached hydrogen (secondary N) is 2. The van der Waals surface area contributed by atoms with Crippen molar-refractivity contribution in [1.82, 2.24) is 10.6 Å². The van der Waals surface area contributed by atoms with Gasteiger partial charge in [-0.3, -0.25) is 14.9 Å². The number of benzene rings is 2. The number of rotatable bonds is 6. The van der Waals surface area contributed by atoms with Gasteiger partial charge in [0.2, 0.25) is 0 Å². The highest BCUT2D eigenvalue weighted by atomic mass is 16.6. The molecule has 0 bridgehead atoms. The lowest BCUT2D eigenvalue weighted by Gasteiger charge is -2.24. The fourth-order valence-electron chi connectivity index (χ4n) is 2.90. The number of nitrogens with zero attached hydrogens (tertiary/aromatic N) is 1. The van der Waals surface area contributed by atoms with Crippen molar-refractivity contribution in [3.05, 3.63) is 58.1 Å². The van der Waals surface area contributed by atoms with Gasteiger partial charge < -0.3 is 20.1 Å². The zero-order valence-electron chi connectivity index (χ0n) is 14.9. The molecule has 1 fully saturated rings. The number of non-ortho nitro benzene ring substituents is 1. The van der Waals surface area contributed by atoms with E-state index in [1.165, 1.54) is 18.2 Å². The molecule has 8 heteroatoms. The predicted molar refractivity (Wildman–Crippen MR) is 99.5 cm³/mol. The Morgan fingerprint density at radius 3 is 2.44 bits per heavy atom. The molecule has 3 rings (SSSR count). The van der Waals surface area contributed by atoms with Gasteiger partial charge in [0.25, 0.3) is 11.6 Å². The number of nitro groups is 1. The third-order valence-corrected chi connectivity index (χ3v) is 4.38. The summed E-state index contributed by atoms with van der Waals surface area (Å²) in [6.07, 6.45) is 1.63. The molecule has 0 aliphatic carbocycles. The van der Waals surface area contributed by atoms with Crippen molar-refractivity contribution in [3.63, 3.8) is 0 Å². The smallest absolute Gasteiger partial charge is 0.270 e. The number of ether oxygens (including phenoxy) is 2. The van der Waals surface area contributed by atoms with Crippen LogP contribution in [0.25, 0.3) is 0 Å². The maximum absolute atomic E-state index is 12.7. The number of carbonyl (C=O) groups excluding carboxylic acids is 1. The SMILES string of the molecule is COc1ccc(Oc2ccc([N+](=O)[O-])cc2C(=O)NC2CCNCC2)cc1. The zero-order valence-corrected chi connectivity index (χ0v) is 14.9. The summed E-state index contributed by atoms with van der Waals surface area (Å²) < 4.78 is 10.9. The maximum atomic E-state index is 12.7. The maximum Gasteiger partial charge on any atom is 0.270 e. The van der Waals surface area contributed by atoms with E-state index in [1.54, 1.807) is 31.4 Å². The summed E-state index contributed by atoms with van der Waals surface area (Å²) in [7, 11) is 1.56. The third-order valence-electron chi connectivity index (χ3n) is 4.38. The van der Waals surface area contributed by atoms with Gasteiger partial charge in [-0.15, -0.1) is 0 Å². The number of carbonyl (C=O) groups is 1. The topological polar surface area (TPSA) is 103 Å². The van der Waals surface area contributed by atoms with Crippen LogP contribution in [0, 0.1) is 10.1 Å². The molecule has 1 saturated heterocycles. The van der Waals surface area contributed by atoms with Crippen molar-refractivity contribution in [1.29, 1.82) is 0 Å². The van der Waals surface area contributed by atoms with Crippen molar-refractivity contribution in [2.75, 3.05) is 20.2 Å². The van der Waals surface area contributed by atoms with Gasteiger partial charge in [-0.1, -0.05) is 0 Å². The van der Waals surface area contributed by atoms with Gasteiger partial charge in [0, 0.05) is 18.2 Å². The second-order valence-corrected chi connectivity index (χ2v) is 6.21. The highest BCUT2D eigenvalue weighted by Gasteiger charge is 2.22. The molecule has 2 aromatic rings. The lowest BCUT2D eigenvalue weighted by atomic mass is 10.1. The van der Waals surface area contributed by atoms with Crippen molar-refractivity contribution in [3.8, 4) is 17.2 Å². The van der Waals surface area contributed by atoms with Crippen LogP contribution in [0.3, 0.4) is 0 Å². The molecule has 0 spiro atoms. The van der Waals surface area contributed by atoms with Crippen LogP contribution >= 0.6 is 0 Å². The van der Waals surface area contributed by atoms with E-state index in [0.29, 0.717) is 11.5 Å². The molecule has 27 heavy (non-hydrogen) atoms. The van der Waals surface area contributed by atoms with E-state index in [9.17, 15) is 14.9 Å². The largest absolute Gasteiger partial charge is 0.497 e. The van der Waals surface area contributed by atoms with Crippen LogP contribution in [0.5, 0.6) is 17.2 Å². The van der Waals surface area contributed by atoms with Gasteiger partial charge in [0.1, 0.15) is 17.2 Å². The average Bonchev–Trinajstić information content (AvgIpc) is 2.69. The molecule has 1 heterocycles. The Morgan fingerprint density at radius 1 is 1.15 bits per heavy atom. The molecule has 0 radical (unpaired) electrons. The first-order valence-electron chi connectivity index (χ1n) is 8.69. The Morgan fingerprint density at radius 2 is 1.81 bits per heavy atom. The first-order chi connectivity index (χ1) is 13.1. The van der Waals surface area contributed by atoms with Crippen LogP contribution in [0.2, 0.25) is 0 Å². The summed E-state index contributed by atoms with van der Waals surface area (Å²) in [4.78, 5) is 23.3. The molecule has 0 unspecified atom stereocenters. The van der Waals surface area contributed by atoms with Gasteiger partial charge in [0.15, 0.2) is 0 Å². The number of hydrogen-bond acceptors (Lipinski definition) is 6. The van der Waals surface area contributed by atoms with Crippen LogP contribution < -0.4 is 20.1 Å². The highest BCUT2D eigenvalue weighted by Crippen LogP contribution is 2.30. The Bertz CT molecular complexity index is 817. The number of hydrogen-bond donors (Lipinski definition) is 2. The molecule has 0 saturated carbocycles. The molecule has 1 aliphatic rings. The second kappa shape index (κ2) is 8.50. The standard InChI is InChI=1S/C19H21N3O5/c1-26-15-3-5-16(6-4-15)27-18-7-2-14(22(24)25)12-17(18)19(23)21-13-8-10-20-11-9-13/h2-7,12-13,20H,8-11H2,1H3,(H,21,23). The normalized spacial score (nSPS) is 14.4. The van der Waals surface area contributed by atoms with Gasteiger partial charge in [-0.05, 0) is 56.3 Å². The fraction of sp³-hybridized carbons (Fsp3) is 0.316. The van der Waals surface area contributed by atoms with Crippen molar-refractivity contribution >= 4 is 11.6 Å². The zero-order chi connectivity index (χ0) is 19.2. The summed E-state index contributed by atoms with van der Waals surface area (Å²) in [5, 5.41) is 17.3. The Labute approximate surface area is 156 Å². The van der Waals surface area contributed by atoms with Gasteiger partial charge in [0.05, 0.1) is 17.6 Å². The Balaban J connectivity index is 1.85. The van der Waals surface area contributed by atoms with Crippen LogP contribution in [0.15, 0.2) is 42.5 Å². The number of amides is 1. The van der Waals surface area contributed by atoms with Crippen molar-refractivity contribution in [2.24, 2.45) is 0 Å². The van der Waals surface area contributed by atoms with Crippen LogP contribution in [-0.4, -0.2) is 37.1 Å². The number of piperidine rings is 1. The number of nitro benzene ring substituents is 1. The first kappa shape index (κ1) is 18.7. The lowest BCUT2D eigenvalue weighted by Crippen LogP contribution is -2.42. The van der Waals surface area contributed by atoms with Crippen molar-refractivity contribution < 1.29 is 19.2 Å². The summed E-state index contributed by atoms with van der Waals surface area (Å²) in [6.45, 7) is 1.66. The van der Waals surface area contributed by atoms with Crippen molar-refractivity contribution in [2.45, 2.75) is 18.9 Å². The predicted octanol–water partition coefficient (Wildman–Crippen LogP) is 2.88. The monoisotopic (exact) mass is 371 g/mol. The average molecular weight is 371 g/mol. The first-order valence-corrected chi connectivity index (χ1v) is 8.69. The molecular formula is C19H21N3O5. The quantitative estimate of drug-likeness (QED) is 0.598. The number of methoxy groups -OCH3 is 1. The van der Waals surface area contributed by atoms with Gasteiger partial charge in [-0.2, -0.15) is 0 Å². The fourth-order valence-corrected chi connectivity index (χ4v) is 2.90. The Kier molecular flexibility index (Phi) is 5.87. The summed E-state index contributed by atoms with van der Waals surface area (Å²) in [5.74, 6) is 1.06. The molecule has 2 aromatic carbocycles. The van der Waals surface area contributed by atoms with E-state index in [4.69, 9.17) is 9.47 Å². The van der Waals surface area contributed by atoms with E-state index < -0.39 is 4.92 Å². The minimum Gasteiger partial charge on any atom is -0.497 e. The third kappa shape index (κ3) is 4.73. The molecule has 8 nitrogen and oxygen atoms in total. The van der Waals surface area contributed by atoms with Gasteiger partial charge in [-0.25, -0.2) is 0 Å². The summed E-state index contributed by atoms with van der Waals surface area (Å²) in [6, 6.07) is 10.9. The minimum absolute atomic E-state index is 0.0341. The lowest BCUT2D eigenvalue weighted by molar-refractivity contribution is -0.384. The van der Waals surface area contributed by atoms with E-state index in [0.717, 1.165) is 25.9 Å². The highest BCUT2D eigenvalue weighted by molar-refractivity contribution is 5.97. The summed E-state index contributed by atoms with van der Waals surface area (Å²) in [5.41, 5.74) is -0.0221. The van der Waals surface area contributed by atoms with E-state index >= 15 is 0 Å². The van der Waals surface area contributed by atoms with Crippen LogP contribution in [0.1, 0.15) is 23.2 Å². The van der Waals surface area contributed by atoms with E-state index in [-0.39, 0.29) is 28.9 Å². The van der Waals surface area contributed by atoms with E-state index in [1.807, 2.05) is 0 Å². The minimum atomic E-state index is -0.529.